The van der Waals surface area contributed by atoms with Crippen molar-refractivity contribution < 1.29 is 23.7 Å². The molecule has 0 bridgehead atoms. The molecule has 0 aliphatic heterocycles. The summed E-state index contributed by atoms with van der Waals surface area (Å²) >= 11 is 0. The van der Waals surface area contributed by atoms with Gasteiger partial charge in [0, 0.05) is 17.7 Å². The summed E-state index contributed by atoms with van der Waals surface area (Å²) in [6.07, 6.45) is 3.04. The van der Waals surface area contributed by atoms with E-state index in [2.05, 4.69) is 0 Å². The molecule has 0 saturated carbocycles. The standard InChI is InChI=1S/C26H20N2O5/c1-30-22-13-25(31-2)23(26(14-22)32-3)9-10-24(29)17-5-4-6-20(11-17)33-21-8-7-18(15-27)19(12-21)16-28/h4-14H,1-3H3/b10-9+. The lowest BCUT2D eigenvalue weighted by molar-refractivity contribution is 0.104. The molecule has 7 heteroatoms. The summed E-state index contributed by atoms with van der Waals surface area (Å²) in [5.74, 6) is 2.13. The molecule has 0 fully saturated rings. The van der Waals surface area contributed by atoms with Gasteiger partial charge in [-0.2, -0.15) is 10.5 Å². The monoisotopic (exact) mass is 440 g/mol. The van der Waals surface area contributed by atoms with E-state index in [-0.39, 0.29) is 16.9 Å². The molecule has 0 radical (unpaired) electrons. The van der Waals surface area contributed by atoms with Gasteiger partial charge in [0.1, 0.15) is 40.9 Å². The Morgan fingerprint density at radius 3 is 2.06 bits per heavy atom. The summed E-state index contributed by atoms with van der Waals surface area (Å²) in [6.45, 7) is 0. The van der Waals surface area contributed by atoms with E-state index in [4.69, 9.17) is 24.2 Å². The van der Waals surface area contributed by atoms with Crippen molar-refractivity contribution in [2.75, 3.05) is 21.3 Å². The van der Waals surface area contributed by atoms with Crippen molar-refractivity contribution in [1.82, 2.24) is 0 Å². The van der Waals surface area contributed by atoms with Gasteiger partial charge < -0.3 is 18.9 Å². The van der Waals surface area contributed by atoms with Crippen LogP contribution in [0.3, 0.4) is 0 Å². The minimum atomic E-state index is -0.252. The second-order valence-electron chi connectivity index (χ2n) is 6.70. The van der Waals surface area contributed by atoms with Crippen molar-refractivity contribution in [3.63, 3.8) is 0 Å². The number of carbonyl (C=O) groups excluding carboxylic acids is 1. The van der Waals surface area contributed by atoms with Gasteiger partial charge in [-0.05, 0) is 42.5 Å². The average Bonchev–Trinajstić information content (AvgIpc) is 2.86. The third-order valence-electron chi connectivity index (χ3n) is 4.74. The van der Waals surface area contributed by atoms with Crippen LogP contribution in [0.5, 0.6) is 28.7 Å². The Balaban J connectivity index is 1.84. The summed E-state index contributed by atoms with van der Waals surface area (Å²) in [5.41, 5.74) is 1.49. The number of nitriles is 2. The van der Waals surface area contributed by atoms with Crippen molar-refractivity contribution >= 4 is 11.9 Å². The summed E-state index contributed by atoms with van der Waals surface area (Å²) in [6, 6.07) is 18.6. The van der Waals surface area contributed by atoms with Gasteiger partial charge in [-0.15, -0.1) is 0 Å². The largest absolute Gasteiger partial charge is 0.496 e. The zero-order valence-electron chi connectivity index (χ0n) is 18.3. The number of nitrogens with zero attached hydrogens (tertiary/aromatic N) is 2. The number of ketones is 1. The van der Waals surface area contributed by atoms with E-state index in [1.54, 1.807) is 55.7 Å². The van der Waals surface area contributed by atoms with Gasteiger partial charge in [-0.25, -0.2) is 0 Å². The van der Waals surface area contributed by atoms with Gasteiger partial charge in [0.05, 0.1) is 38.0 Å². The predicted molar refractivity (Wildman–Crippen MR) is 122 cm³/mol. The normalized spacial score (nSPS) is 10.2. The maximum atomic E-state index is 12.8. The lowest BCUT2D eigenvalue weighted by Crippen LogP contribution is -1.97. The van der Waals surface area contributed by atoms with Crippen LogP contribution in [-0.4, -0.2) is 27.1 Å². The predicted octanol–water partition coefficient (Wildman–Crippen LogP) is 5.14. The number of hydrogen-bond acceptors (Lipinski definition) is 7. The SMILES string of the molecule is COc1cc(OC)c(/C=C/C(=O)c2cccc(Oc3ccc(C#N)c(C#N)c3)c2)c(OC)c1. The van der Waals surface area contributed by atoms with Gasteiger partial charge in [0.2, 0.25) is 0 Å². The fraction of sp³-hybridized carbons (Fsp3) is 0.115. The van der Waals surface area contributed by atoms with Crippen LogP contribution < -0.4 is 18.9 Å². The molecule has 33 heavy (non-hydrogen) atoms. The van der Waals surface area contributed by atoms with E-state index in [1.807, 2.05) is 12.1 Å². The van der Waals surface area contributed by atoms with Crippen LogP contribution in [0.1, 0.15) is 27.0 Å². The van der Waals surface area contributed by atoms with E-state index >= 15 is 0 Å². The Hall–Kier alpha value is -4.75. The molecule has 0 saturated heterocycles. The van der Waals surface area contributed by atoms with Gasteiger partial charge in [0.15, 0.2) is 5.78 Å². The number of rotatable bonds is 8. The molecular formula is C26H20N2O5. The van der Waals surface area contributed by atoms with E-state index in [9.17, 15) is 10.1 Å². The summed E-state index contributed by atoms with van der Waals surface area (Å²) in [5, 5.41) is 18.2. The van der Waals surface area contributed by atoms with Crippen LogP contribution in [0.2, 0.25) is 0 Å². The highest BCUT2D eigenvalue weighted by Gasteiger charge is 2.12. The number of allylic oxidation sites excluding steroid dienone is 1. The first-order valence-corrected chi connectivity index (χ1v) is 9.77. The molecule has 0 amide bonds. The fourth-order valence-electron chi connectivity index (χ4n) is 3.08. The third kappa shape index (κ3) is 5.30. The van der Waals surface area contributed by atoms with Crippen LogP contribution in [0.25, 0.3) is 6.08 Å². The van der Waals surface area contributed by atoms with Gasteiger partial charge in [-0.3, -0.25) is 4.79 Å². The quantitative estimate of drug-likeness (QED) is 0.353. The zero-order chi connectivity index (χ0) is 23.8. The molecule has 0 atom stereocenters. The molecule has 7 nitrogen and oxygen atoms in total. The Labute approximate surface area is 191 Å². The summed E-state index contributed by atoms with van der Waals surface area (Å²) in [7, 11) is 4.59. The first-order chi connectivity index (χ1) is 16.0. The first-order valence-electron chi connectivity index (χ1n) is 9.77. The molecule has 0 aliphatic carbocycles. The molecule has 0 unspecified atom stereocenters. The Kier molecular flexibility index (Phi) is 7.31. The molecule has 0 aliphatic rings. The topological polar surface area (TPSA) is 102 Å². The molecule has 3 rings (SSSR count). The minimum Gasteiger partial charge on any atom is -0.496 e. The zero-order valence-corrected chi connectivity index (χ0v) is 18.3. The van der Waals surface area contributed by atoms with E-state index in [0.29, 0.717) is 39.9 Å². The molecule has 3 aromatic rings. The highest BCUT2D eigenvalue weighted by Crippen LogP contribution is 2.35. The number of benzene rings is 3. The molecule has 0 heterocycles. The van der Waals surface area contributed by atoms with Gasteiger partial charge in [-0.1, -0.05) is 12.1 Å². The molecule has 0 spiro atoms. The van der Waals surface area contributed by atoms with E-state index in [0.717, 1.165) is 0 Å². The molecule has 164 valence electrons. The van der Waals surface area contributed by atoms with Crippen molar-refractivity contribution in [3.05, 3.63) is 82.9 Å². The molecule has 3 aromatic carbocycles. The Morgan fingerprint density at radius 1 is 0.788 bits per heavy atom. The maximum Gasteiger partial charge on any atom is 0.185 e. The minimum absolute atomic E-state index is 0.215. The lowest BCUT2D eigenvalue weighted by Gasteiger charge is -2.12. The van der Waals surface area contributed by atoms with Crippen molar-refractivity contribution in [1.29, 1.82) is 10.5 Å². The maximum absolute atomic E-state index is 12.8. The highest BCUT2D eigenvalue weighted by atomic mass is 16.5. The third-order valence-corrected chi connectivity index (χ3v) is 4.74. The Bertz CT molecular complexity index is 1270. The summed E-state index contributed by atoms with van der Waals surface area (Å²) in [4.78, 5) is 12.8. The van der Waals surface area contributed by atoms with Gasteiger partial charge in [0.25, 0.3) is 0 Å². The second-order valence-corrected chi connectivity index (χ2v) is 6.70. The fourth-order valence-corrected chi connectivity index (χ4v) is 3.08. The van der Waals surface area contributed by atoms with E-state index in [1.165, 1.54) is 32.4 Å². The van der Waals surface area contributed by atoms with Crippen LogP contribution in [0.4, 0.5) is 0 Å². The van der Waals surface area contributed by atoms with Crippen molar-refractivity contribution in [2.24, 2.45) is 0 Å². The van der Waals surface area contributed by atoms with Crippen LogP contribution >= 0.6 is 0 Å². The highest BCUT2D eigenvalue weighted by molar-refractivity contribution is 6.07. The van der Waals surface area contributed by atoms with Gasteiger partial charge >= 0.3 is 0 Å². The average molecular weight is 440 g/mol. The molecule has 0 aromatic heterocycles. The second kappa shape index (κ2) is 10.5. The first kappa shape index (κ1) is 22.9. The van der Waals surface area contributed by atoms with Crippen molar-refractivity contribution in [2.45, 2.75) is 0 Å². The number of carbonyl (C=O) groups is 1. The van der Waals surface area contributed by atoms with E-state index < -0.39 is 0 Å². The smallest absolute Gasteiger partial charge is 0.185 e. The number of ether oxygens (including phenoxy) is 4. The van der Waals surface area contributed by atoms with Crippen LogP contribution in [0, 0.1) is 22.7 Å². The Morgan fingerprint density at radius 2 is 1.45 bits per heavy atom. The molecular weight excluding hydrogens is 420 g/mol. The van der Waals surface area contributed by atoms with Crippen LogP contribution in [0.15, 0.2) is 60.7 Å². The van der Waals surface area contributed by atoms with Crippen molar-refractivity contribution in [3.8, 4) is 40.9 Å². The number of hydrogen-bond donors (Lipinski definition) is 0. The lowest BCUT2D eigenvalue weighted by atomic mass is 10.1. The van der Waals surface area contributed by atoms with Crippen LogP contribution in [-0.2, 0) is 0 Å². The summed E-state index contributed by atoms with van der Waals surface area (Å²) < 4.78 is 21.8. The molecule has 0 N–H and O–H groups in total. The number of methoxy groups -OCH3 is 3.